The second-order valence-corrected chi connectivity index (χ2v) is 5.87. The molecule has 0 saturated carbocycles. The molecule has 1 saturated heterocycles. The van der Waals surface area contributed by atoms with E-state index in [1.807, 2.05) is 0 Å². The Hall–Kier alpha value is -0.860. The lowest BCUT2D eigenvalue weighted by molar-refractivity contribution is 0.150. The Morgan fingerprint density at radius 2 is 1.95 bits per heavy atom. The van der Waals surface area contributed by atoms with Gasteiger partial charge in [0.05, 0.1) is 6.04 Å². The summed E-state index contributed by atoms with van der Waals surface area (Å²) in [7, 11) is 0. The van der Waals surface area contributed by atoms with E-state index in [0.29, 0.717) is 12.1 Å². The van der Waals surface area contributed by atoms with E-state index in [1.165, 1.54) is 36.9 Å². The van der Waals surface area contributed by atoms with Crippen LogP contribution in [0.2, 0.25) is 0 Å². The summed E-state index contributed by atoms with van der Waals surface area (Å²) in [6.07, 6.45) is 4.91. The molecular weight excluding hydrogens is 232 g/mol. The zero-order chi connectivity index (χ0) is 13.8. The lowest BCUT2D eigenvalue weighted by atomic mass is 9.94. The Kier molecular flexibility index (Phi) is 5.00. The van der Waals surface area contributed by atoms with Gasteiger partial charge in [0.25, 0.3) is 0 Å². The Morgan fingerprint density at radius 3 is 2.53 bits per heavy atom. The Balaban J connectivity index is 2.27. The molecule has 0 aliphatic carbocycles. The first-order valence-electron chi connectivity index (χ1n) is 7.75. The van der Waals surface area contributed by atoms with Gasteiger partial charge in [-0.05, 0) is 44.7 Å². The zero-order valence-corrected chi connectivity index (χ0v) is 12.6. The summed E-state index contributed by atoms with van der Waals surface area (Å²) < 4.78 is 0. The van der Waals surface area contributed by atoms with Crippen LogP contribution in [0.4, 0.5) is 0 Å². The fraction of sp³-hybridized carbons (Fsp3) is 0.647. The standard InChI is InChI=1S/C17H28N2/c1-4-15-7-6-12-19(15)17(16(18)5-2)14-10-8-13(3)9-11-14/h8-11,15-17H,4-7,12,18H2,1-3H3. The van der Waals surface area contributed by atoms with E-state index >= 15 is 0 Å². The topological polar surface area (TPSA) is 29.3 Å². The van der Waals surface area contributed by atoms with Gasteiger partial charge < -0.3 is 5.73 Å². The van der Waals surface area contributed by atoms with Gasteiger partial charge in [0.1, 0.15) is 0 Å². The van der Waals surface area contributed by atoms with E-state index in [4.69, 9.17) is 5.73 Å². The van der Waals surface area contributed by atoms with E-state index < -0.39 is 0 Å². The quantitative estimate of drug-likeness (QED) is 0.875. The molecule has 1 fully saturated rings. The SMILES string of the molecule is CCC(N)C(c1ccc(C)cc1)N1CCCC1CC. The van der Waals surface area contributed by atoms with Gasteiger partial charge in [-0.15, -0.1) is 0 Å². The van der Waals surface area contributed by atoms with Crippen LogP contribution in [0.3, 0.4) is 0 Å². The second-order valence-electron chi connectivity index (χ2n) is 5.87. The van der Waals surface area contributed by atoms with Crippen molar-refractivity contribution in [2.45, 2.75) is 64.6 Å². The third kappa shape index (κ3) is 3.18. The van der Waals surface area contributed by atoms with Gasteiger partial charge in [-0.1, -0.05) is 43.7 Å². The molecule has 3 unspecified atom stereocenters. The first-order chi connectivity index (χ1) is 9.17. The van der Waals surface area contributed by atoms with Crippen LogP contribution in [0.5, 0.6) is 0 Å². The minimum Gasteiger partial charge on any atom is -0.326 e. The third-order valence-corrected chi connectivity index (χ3v) is 4.55. The van der Waals surface area contributed by atoms with Crippen LogP contribution in [0.1, 0.15) is 56.7 Å². The highest BCUT2D eigenvalue weighted by atomic mass is 15.2. The molecule has 0 bridgehead atoms. The molecule has 0 spiro atoms. The van der Waals surface area contributed by atoms with Gasteiger partial charge in [0, 0.05) is 12.1 Å². The van der Waals surface area contributed by atoms with Gasteiger partial charge >= 0.3 is 0 Å². The maximum absolute atomic E-state index is 6.44. The normalized spacial score (nSPS) is 23.5. The average Bonchev–Trinajstić information content (AvgIpc) is 2.89. The fourth-order valence-electron chi connectivity index (χ4n) is 3.33. The van der Waals surface area contributed by atoms with Crippen molar-refractivity contribution in [3.05, 3.63) is 35.4 Å². The zero-order valence-electron chi connectivity index (χ0n) is 12.6. The van der Waals surface area contributed by atoms with Gasteiger partial charge in [0.2, 0.25) is 0 Å². The molecule has 0 radical (unpaired) electrons. The van der Waals surface area contributed by atoms with Crippen molar-refractivity contribution >= 4 is 0 Å². The molecule has 19 heavy (non-hydrogen) atoms. The van der Waals surface area contributed by atoms with Crippen LogP contribution in [-0.4, -0.2) is 23.5 Å². The lowest BCUT2D eigenvalue weighted by Crippen LogP contribution is -2.43. The minimum atomic E-state index is 0.231. The predicted molar refractivity (Wildman–Crippen MR) is 82.2 cm³/mol. The number of benzene rings is 1. The van der Waals surface area contributed by atoms with Gasteiger partial charge in [-0.2, -0.15) is 0 Å². The molecule has 1 aromatic rings. The Labute approximate surface area is 118 Å². The molecule has 0 amide bonds. The predicted octanol–water partition coefficient (Wildman–Crippen LogP) is 3.65. The van der Waals surface area contributed by atoms with Gasteiger partial charge in [0.15, 0.2) is 0 Å². The van der Waals surface area contributed by atoms with Crippen LogP contribution in [0.25, 0.3) is 0 Å². The van der Waals surface area contributed by atoms with E-state index in [2.05, 4.69) is 49.9 Å². The fourth-order valence-corrected chi connectivity index (χ4v) is 3.33. The van der Waals surface area contributed by atoms with Crippen molar-refractivity contribution in [2.24, 2.45) is 5.73 Å². The highest BCUT2D eigenvalue weighted by Gasteiger charge is 2.33. The molecule has 1 aliphatic rings. The van der Waals surface area contributed by atoms with Crippen molar-refractivity contribution in [1.29, 1.82) is 0 Å². The summed E-state index contributed by atoms with van der Waals surface area (Å²) in [5, 5.41) is 0. The maximum atomic E-state index is 6.44. The van der Waals surface area contributed by atoms with Gasteiger partial charge in [-0.3, -0.25) is 4.90 Å². The largest absolute Gasteiger partial charge is 0.326 e. The van der Waals surface area contributed by atoms with Crippen LogP contribution in [0.15, 0.2) is 24.3 Å². The Bertz CT molecular complexity index is 385. The highest BCUT2D eigenvalue weighted by Crippen LogP contribution is 2.33. The molecule has 2 nitrogen and oxygen atoms in total. The van der Waals surface area contributed by atoms with Crippen molar-refractivity contribution in [3.63, 3.8) is 0 Å². The highest BCUT2D eigenvalue weighted by molar-refractivity contribution is 5.25. The van der Waals surface area contributed by atoms with Crippen LogP contribution in [0, 0.1) is 6.92 Å². The molecule has 1 aromatic carbocycles. The smallest absolute Gasteiger partial charge is 0.0501 e. The van der Waals surface area contributed by atoms with E-state index in [-0.39, 0.29) is 6.04 Å². The summed E-state index contributed by atoms with van der Waals surface area (Å²) in [6.45, 7) is 7.84. The Morgan fingerprint density at radius 1 is 1.26 bits per heavy atom. The third-order valence-electron chi connectivity index (χ3n) is 4.55. The molecule has 3 atom stereocenters. The van der Waals surface area contributed by atoms with E-state index in [9.17, 15) is 0 Å². The molecule has 2 heteroatoms. The first kappa shape index (κ1) is 14.5. The summed E-state index contributed by atoms with van der Waals surface area (Å²) >= 11 is 0. The number of likely N-dealkylation sites (tertiary alicyclic amines) is 1. The summed E-state index contributed by atoms with van der Waals surface area (Å²) in [6, 6.07) is 10.3. The molecule has 106 valence electrons. The van der Waals surface area contributed by atoms with Crippen molar-refractivity contribution in [1.82, 2.24) is 4.90 Å². The minimum absolute atomic E-state index is 0.231. The monoisotopic (exact) mass is 260 g/mol. The molecular formula is C17H28N2. The average molecular weight is 260 g/mol. The number of nitrogens with zero attached hydrogens (tertiary/aromatic N) is 1. The number of rotatable bonds is 5. The lowest BCUT2D eigenvalue weighted by Gasteiger charge is -2.36. The van der Waals surface area contributed by atoms with Crippen molar-refractivity contribution in [2.75, 3.05) is 6.54 Å². The summed E-state index contributed by atoms with van der Waals surface area (Å²) in [4.78, 5) is 2.65. The summed E-state index contributed by atoms with van der Waals surface area (Å²) in [5.41, 5.74) is 9.15. The number of nitrogens with two attached hydrogens (primary N) is 1. The molecule has 1 aliphatic heterocycles. The maximum Gasteiger partial charge on any atom is 0.0501 e. The number of aryl methyl sites for hydroxylation is 1. The van der Waals surface area contributed by atoms with Gasteiger partial charge in [-0.25, -0.2) is 0 Å². The molecule has 1 heterocycles. The summed E-state index contributed by atoms with van der Waals surface area (Å²) in [5.74, 6) is 0. The number of hydrogen-bond donors (Lipinski definition) is 1. The second kappa shape index (κ2) is 6.53. The first-order valence-corrected chi connectivity index (χ1v) is 7.75. The molecule has 0 aromatic heterocycles. The van der Waals surface area contributed by atoms with Crippen molar-refractivity contribution in [3.8, 4) is 0 Å². The van der Waals surface area contributed by atoms with Crippen LogP contribution >= 0.6 is 0 Å². The van der Waals surface area contributed by atoms with E-state index in [0.717, 1.165) is 6.42 Å². The molecule has 2 rings (SSSR count). The van der Waals surface area contributed by atoms with Crippen LogP contribution < -0.4 is 5.73 Å². The number of hydrogen-bond acceptors (Lipinski definition) is 2. The van der Waals surface area contributed by atoms with Crippen LogP contribution in [-0.2, 0) is 0 Å². The van der Waals surface area contributed by atoms with Crippen molar-refractivity contribution < 1.29 is 0 Å². The van der Waals surface area contributed by atoms with E-state index in [1.54, 1.807) is 0 Å². The molecule has 2 N–H and O–H groups in total.